The van der Waals surface area contributed by atoms with Crippen molar-refractivity contribution >= 4 is 5.69 Å². The van der Waals surface area contributed by atoms with Crippen molar-refractivity contribution in [3.05, 3.63) is 28.7 Å². The zero-order chi connectivity index (χ0) is 10.1. The summed E-state index contributed by atoms with van der Waals surface area (Å²) in [5, 5.41) is 0. The summed E-state index contributed by atoms with van der Waals surface area (Å²) in [6.07, 6.45) is 3.94. The lowest BCUT2D eigenvalue weighted by Crippen LogP contribution is -2.40. The summed E-state index contributed by atoms with van der Waals surface area (Å²) in [4.78, 5) is 11.6. The fraction of sp³-hybridized carbons (Fsp3) is 0.500. The Labute approximate surface area is 82.3 Å². The van der Waals surface area contributed by atoms with E-state index in [0.29, 0.717) is 5.69 Å². The van der Waals surface area contributed by atoms with Crippen molar-refractivity contribution in [2.45, 2.75) is 25.0 Å². The predicted octanol–water partition coefficient (Wildman–Crippen LogP) is 0.780. The first-order valence-corrected chi connectivity index (χ1v) is 4.73. The van der Waals surface area contributed by atoms with Gasteiger partial charge in [-0.1, -0.05) is 0 Å². The Kier molecular flexibility index (Phi) is 2.29. The maximum Gasteiger partial charge on any atom is 0.274 e. The monoisotopic (exact) mass is 194 g/mol. The molecule has 14 heavy (non-hydrogen) atoms. The topological polar surface area (TPSA) is 57.2 Å². The van der Waals surface area contributed by atoms with Crippen molar-refractivity contribution in [2.75, 3.05) is 12.8 Å². The molecule has 2 atom stereocenters. The molecule has 0 spiro atoms. The molecule has 1 aliphatic rings. The van der Waals surface area contributed by atoms with E-state index in [1.165, 1.54) is 0 Å². The summed E-state index contributed by atoms with van der Waals surface area (Å²) < 4.78 is 6.92. The van der Waals surface area contributed by atoms with Crippen LogP contribution in [-0.4, -0.2) is 17.8 Å². The second-order valence-corrected chi connectivity index (χ2v) is 3.59. The lowest BCUT2D eigenvalue weighted by molar-refractivity contribution is -0.0103. The number of rotatable bonds is 2. The molecule has 2 N–H and O–H groups in total. The highest BCUT2D eigenvalue weighted by Gasteiger charge is 2.32. The lowest BCUT2D eigenvalue weighted by atomic mass is 9.88. The molecule has 0 aromatic carbocycles. The Hall–Kier alpha value is -1.29. The summed E-state index contributed by atoms with van der Waals surface area (Å²) in [5.41, 5.74) is 5.74. The van der Waals surface area contributed by atoms with Gasteiger partial charge in [0.15, 0.2) is 0 Å². The van der Waals surface area contributed by atoms with Gasteiger partial charge in [-0.05, 0) is 25.0 Å². The molecule has 1 aromatic heterocycles. The fourth-order valence-electron chi connectivity index (χ4n) is 1.83. The zero-order valence-corrected chi connectivity index (χ0v) is 8.14. The number of nitrogens with zero attached hydrogens (tertiary/aromatic N) is 1. The molecule has 1 unspecified atom stereocenters. The van der Waals surface area contributed by atoms with E-state index in [2.05, 4.69) is 0 Å². The van der Waals surface area contributed by atoms with E-state index in [0.717, 1.165) is 12.8 Å². The summed E-state index contributed by atoms with van der Waals surface area (Å²) in [6, 6.07) is 3.58. The van der Waals surface area contributed by atoms with Crippen molar-refractivity contribution < 1.29 is 4.74 Å². The van der Waals surface area contributed by atoms with Gasteiger partial charge in [-0.3, -0.25) is 4.79 Å². The van der Waals surface area contributed by atoms with Gasteiger partial charge in [-0.2, -0.15) is 0 Å². The minimum atomic E-state index is -0.112. The molecule has 4 heteroatoms. The third-order valence-corrected chi connectivity index (χ3v) is 2.84. The Morgan fingerprint density at radius 1 is 1.57 bits per heavy atom. The second kappa shape index (κ2) is 3.46. The van der Waals surface area contributed by atoms with Crippen LogP contribution in [-0.2, 0) is 4.74 Å². The van der Waals surface area contributed by atoms with Gasteiger partial charge in [0.2, 0.25) is 0 Å². The first-order valence-electron chi connectivity index (χ1n) is 4.73. The van der Waals surface area contributed by atoms with Gasteiger partial charge in [-0.25, -0.2) is 0 Å². The van der Waals surface area contributed by atoms with Crippen molar-refractivity contribution in [1.82, 2.24) is 4.57 Å². The molecule has 76 valence electrons. The molecule has 1 fully saturated rings. The molecule has 0 saturated heterocycles. The maximum absolute atomic E-state index is 11.6. The highest BCUT2D eigenvalue weighted by Crippen LogP contribution is 2.33. The quantitative estimate of drug-likeness (QED) is 0.757. The van der Waals surface area contributed by atoms with E-state index in [9.17, 15) is 4.79 Å². The average molecular weight is 194 g/mol. The second-order valence-electron chi connectivity index (χ2n) is 3.59. The molecular formula is C10H14N2O2. The zero-order valence-electron chi connectivity index (χ0n) is 8.14. The molecule has 4 nitrogen and oxygen atoms in total. The van der Waals surface area contributed by atoms with Gasteiger partial charge in [0.1, 0.15) is 0 Å². The number of aromatic nitrogens is 1. The lowest BCUT2D eigenvalue weighted by Gasteiger charge is -2.36. The number of nitrogens with two attached hydrogens (primary N) is 1. The van der Waals surface area contributed by atoms with Gasteiger partial charge in [0.25, 0.3) is 5.56 Å². The number of hydrogen-bond donors (Lipinski definition) is 1. The van der Waals surface area contributed by atoms with Crippen LogP contribution in [0.3, 0.4) is 0 Å². The van der Waals surface area contributed by atoms with E-state index in [-0.39, 0.29) is 17.7 Å². The van der Waals surface area contributed by atoms with Crippen LogP contribution >= 0.6 is 0 Å². The van der Waals surface area contributed by atoms with Crippen LogP contribution in [0.5, 0.6) is 0 Å². The van der Waals surface area contributed by atoms with Crippen molar-refractivity contribution in [3.8, 4) is 0 Å². The Morgan fingerprint density at radius 3 is 2.93 bits per heavy atom. The molecule has 0 aliphatic heterocycles. The summed E-state index contributed by atoms with van der Waals surface area (Å²) in [6.45, 7) is 0. The van der Waals surface area contributed by atoms with Gasteiger partial charge >= 0.3 is 0 Å². The summed E-state index contributed by atoms with van der Waals surface area (Å²) >= 11 is 0. The van der Waals surface area contributed by atoms with Gasteiger partial charge in [-0.15, -0.1) is 0 Å². The number of ether oxygens (including phenoxy) is 1. The number of hydrogen-bond acceptors (Lipinski definition) is 3. The molecule has 1 heterocycles. The highest BCUT2D eigenvalue weighted by molar-refractivity contribution is 5.33. The third kappa shape index (κ3) is 1.32. The Bertz CT molecular complexity index is 384. The normalized spacial score (nSPS) is 25.8. The SMILES string of the molecule is CO[C@H]1CCC1n1cccc(N)c1=O. The number of anilines is 1. The molecule has 0 radical (unpaired) electrons. The van der Waals surface area contributed by atoms with Crippen LogP contribution in [0.1, 0.15) is 18.9 Å². The summed E-state index contributed by atoms with van der Waals surface area (Å²) in [5.74, 6) is 0. The van der Waals surface area contributed by atoms with Crippen LogP contribution in [0, 0.1) is 0 Å². The van der Waals surface area contributed by atoms with Gasteiger partial charge in [0.05, 0.1) is 17.8 Å². The molecule has 0 amide bonds. The first kappa shape index (κ1) is 9.27. The van der Waals surface area contributed by atoms with Crippen molar-refractivity contribution in [1.29, 1.82) is 0 Å². The highest BCUT2D eigenvalue weighted by atomic mass is 16.5. The predicted molar refractivity (Wildman–Crippen MR) is 54.2 cm³/mol. The van der Waals surface area contributed by atoms with Crippen LogP contribution in [0.25, 0.3) is 0 Å². The van der Waals surface area contributed by atoms with E-state index in [1.807, 2.05) is 0 Å². The smallest absolute Gasteiger partial charge is 0.274 e. The standard InChI is InChI=1S/C10H14N2O2/c1-14-9-5-4-8(9)12-6-2-3-7(11)10(12)13/h2-3,6,8-9H,4-5,11H2,1H3/t8?,9-/m0/s1. The maximum atomic E-state index is 11.6. The van der Waals surface area contributed by atoms with E-state index in [1.54, 1.807) is 30.0 Å². The van der Waals surface area contributed by atoms with E-state index < -0.39 is 0 Å². The van der Waals surface area contributed by atoms with Crippen LogP contribution in [0.2, 0.25) is 0 Å². The molecule has 1 saturated carbocycles. The van der Waals surface area contributed by atoms with Crippen LogP contribution < -0.4 is 11.3 Å². The van der Waals surface area contributed by atoms with Crippen molar-refractivity contribution in [3.63, 3.8) is 0 Å². The summed E-state index contributed by atoms with van der Waals surface area (Å²) in [7, 11) is 1.67. The van der Waals surface area contributed by atoms with Crippen molar-refractivity contribution in [2.24, 2.45) is 0 Å². The van der Waals surface area contributed by atoms with E-state index in [4.69, 9.17) is 10.5 Å². The van der Waals surface area contributed by atoms with Gasteiger partial charge in [0, 0.05) is 13.3 Å². The minimum Gasteiger partial charge on any atom is -0.394 e. The number of methoxy groups -OCH3 is 1. The molecule has 1 aromatic rings. The first-order chi connectivity index (χ1) is 6.74. The molecule has 0 bridgehead atoms. The minimum absolute atomic E-state index is 0.112. The largest absolute Gasteiger partial charge is 0.394 e. The van der Waals surface area contributed by atoms with Gasteiger partial charge < -0.3 is 15.0 Å². The molecular weight excluding hydrogens is 180 g/mol. The van der Waals surface area contributed by atoms with E-state index >= 15 is 0 Å². The molecule has 2 rings (SSSR count). The fourth-order valence-corrected chi connectivity index (χ4v) is 1.83. The van der Waals surface area contributed by atoms with Crippen LogP contribution in [0.4, 0.5) is 5.69 Å². The Balaban J connectivity index is 2.33. The number of pyridine rings is 1. The molecule has 1 aliphatic carbocycles. The number of nitrogen functional groups attached to an aromatic ring is 1. The van der Waals surface area contributed by atoms with Crippen LogP contribution in [0.15, 0.2) is 23.1 Å². The third-order valence-electron chi connectivity index (χ3n) is 2.84. The Morgan fingerprint density at radius 2 is 2.36 bits per heavy atom. The average Bonchev–Trinajstić information content (AvgIpc) is 2.12.